The molecule has 2 aromatic carbocycles. The molecule has 1 heterocycles. The quantitative estimate of drug-likeness (QED) is 0.777. The predicted molar refractivity (Wildman–Crippen MR) is 106 cm³/mol. The molecule has 0 radical (unpaired) electrons. The molecule has 7 nitrogen and oxygen atoms in total. The van der Waals surface area contributed by atoms with Crippen LogP contribution in [0, 0.1) is 0 Å². The third-order valence-electron chi connectivity index (χ3n) is 4.80. The fourth-order valence-corrected chi connectivity index (χ4v) is 4.31. The first-order valence-electron chi connectivity index (χ1n) is 8.80. The van der Waals surface area contributed by atoms with Crippen molar-refractivity contribution in [3.8, 4) is 0 Å². The number of ether oxygens (including phenoxy) is 1. The second-order valence-corrected chi connectivity index (χ2v) is 8.75. The first-order valence-corrected chi connectivity index (χ1v) is 10.3. The highest BCUT2D eigenvalue weighted by atomic mass is 32.2. The van der Waals surface area contributed by atoms with Crippen molar-refractivity contribution >= 4 is 33.3 Å². The van der Waals surface area contributed by atoms with Crippen molar-refractivity contribution in [2.24, 2.45) is 0 Å². The number of fused-ring (bicyclic) bond motifs is 1. The first kappa shape index (κ1) is 19.9. The minimum Gasteiger partial charge on any atom is -0.462 e. The Bertz CT molecular complexity index is 1040. The van der Waals surface area contributed by atoms with Gasteiger partial charge in [-0.25, -0.2) is 13.2 Å². The molecule has 3 rings (SSSR count). The molecular formula is C20H22N2O5S. The lowest BCUT2D eigenvalue weighted by molar-refractivity contribution is -0.121. The molecule has 1 N–H and O–H groups in total. The van der Waals surface area contributed by atoms with Crippen molar-refractivity contribution in [2.45, 2.75) is 31.1 Å². The van der Waals surface area contributed by atoms with Crippen LogP contribution in [0.4, 0.5) is 11.4 Å². The van der Waals surface area contributed by atoms with E-state index in [4.69, 9.17) is 4.74 Å². The van der Waals surface area contributed by atoms with Crippen LogP contribution in [0.3, 0.4) is 0 Å². The fraction of sp³-hybridized carbons (Fsp3) is 0.300. The number of benzene rings is 2. The summed E-state index contributed by atoms with van der Waals surface area (Å²) in [6.07, 6.45) is 0. The molecule has 8 heteroatoms. The van der Waals surface area contributed by atoms with Gasteiger partial charge in [0.2, 0.25) is 5.91 Å². The number of carbonyl (C=O) groups is 2. The van der Waals surface area contributed by atoms with Gasteiger partial charge >= 0.3 is 5.97 Å². The van der Waals surface area contributed by atoms with E-state index in [9.17, 15) is 18.0 Å². The molecule has 2 aromatic rings. The van der Waals surface area contributed by atoms with Crippen LogP contribution in [-0.4, -0.2) is 33.9 Å². The van der Waals surface area contributed by atoms with Crippen LogP contribution >= 0.6 is 0 Å². The molecule has 0 aliphatic carbocycles. The zero-order chi connectivity index (χ0) is 20.7. The number of carbonyl (C=O) groups excluding carboxylic acids is 2. The highest BCUT2D eigenvalue weighted by Gasteiger charge is 2.42. The number of hydrogen-bond donors (Lipinski definition) is 1. The molecular weight excluding hydrogens is 380 g/mol. The van der Waals surface area contributed by atoms with Gasteiger partial charge in [0.1, 0.15) is 0 Å². The SMILES string of the molecule is CCOC(=O)c1ccc(NS(=O)(=O)c2ccc3c(c2)C(C)(C)C(=O)N3C)cc1. The van der Waals surface area contributed by atoms with Gasteiger partial charge in [-0.1, -0.05) is 0 Å². The maximum atomic E-state index is 12.8. The molecule has 1 aliphatic rings. The van der Waals surface area contributed by atoms with Gasteiger partial charge in [-0.3, -0.25) is 9.52 Å². The summed E-state index contributed by atoms with van der Waals surface area (Å²) in [6.45, 7) is 5.52. The van der Waals surface area contributed by atoms with E-state index < -0.39 is 21.4 Å². The van der Waals surface area contributed by atoms with E-state index in [2.05, 4.69) is 4.72 Å². The summed E-state index contributed by atoms with van der Waals surface area (Å²) in [7, 11) is -2.19. The van der Waals surface area contributed by atoms with E-state index in [0.717, 1.165) is 0 Å². The number of nitrogens with one attached hydrogen (secondary N) is 1. The Morgan fingerprint density at radius 3 is 2.39 bits per heavy atom. The standard InChI is InChI=1S/C20H22N2O5S/c1-5-27-18(23)13-6-8-14(9-7-13)21-28(25,26)15-10-11-17-16(12-15)20(2,3)19(24)22(17)4/h6-12,21H,5H2,1-4H3. The fourth-order valence-electron chi connectivity index (χ4n) is 3.22. The van der Waals surface area contributed by atoms with Crippen LogP contribution in [-0.2, 0) is 25.0 Å². The number of sulfonamides is 1. The van der Waals surface area contributed by atoms with Gasteiger partial charge < -0.3 is 9.64 Å². The Balaban J connectivity index is 1.88. The summed E-state index contributed by atoms with van der Waals surface area (Å²) >= 11 is 0. The maximum Gasteiger partial charge on any atom is 0.338 e. The Hall–Kier alpha value is -2.87. The lowest BCUT2D eigenvalue weighted by atomic mass is 9.86. The second kappa shape index (κ2) is 6.94. The van der Waals surface area contributed by atoms with Crippen LogP contribution in [0.15, 0.2) is 47.4 Å². The van der Waals surface area contributed by atoms with Gasteiger partial charge in [0, 0.05) is 18.4 Å². The number of esters is 1. The second-order valence-electron chi connectivity index (χ2n) is 7.07. The van der Waals surface area contributed by atoms with Crippen molar-refractivity contribution in [2.75, 3.05) is 23.3 Å². The minimum absolute atomic E-state index is 0.0666. The van der Waals surface area contributed by atoms with Crippen molar-refractivity contribution in [3.63, 3.8) is 0 Å². The first-order chi connectivity index (χ1) is 13.1. The number of anilines is 2. The number of likely N-dealkylation sites (N-methyl/N-ethyl adjacent to an activating group) is 1. The molecule has 0 saturated heterocycles. The zero-order valence-electron chi connectivity index (χ0n) is 16.1. The van der Waals surface area contributed by atoms with Crippen LogP contribution in [0.5, 0.6) is 0 Å². The number of nitrogens with zero attached hydrogens (tertiary/aromatic N) is 1. The lowest BCUT2D eigenvalue weighted by Crippen LogP contribution is -2.33. The third-order valence-corrected chi connectivity index (χ3v) is 6.18. The monoisotopic (exact) mass is 402 g/mol. The molecule has 1 amide bonds. The molecule has 0 saturated carbocycles. The molecule has 0 atom stereocenters. The Morgan fingerprint density at radius 1 is 1.14 bits per heavy atom. The van der Waals surface area contributed by atoms with E-state index in [1.165, 1.54) is 41.3 Å². The van der Waals surface area contributed by atoms with Gasteiger partial charge in [0.05, 0.1) is 22.5 Å². The van der Waals surface area contributed by atoms with Gasteiger partial charge in [0.25, 0.3) is 10.0 Å². The van der Waals surface area contributed by atoms with Crippen LogP contribution in [0.1, 0.15) is 36.7 Å². The molecule has 1 aliphatic heterocycles. The Kier molecular flexibility index (Phi) is 4.93. The molecule has 0 unspecified atom stereocenters. The normalized spacial score (nSPS) is 15.3. The largest absolute Gasteiger partial charge is 0.462 e. The van der Waals surface area contributed by atoms with Crippen LogP contribution < -0.4 is 9.62 Å². The number of amides is 1. The number of rotatable bonds is 5. The lowest BCUT2D eigenvalue weighted by Gasteiger charge is -2.17. The van der Waals surface area contributed by atoms with Gasteiger partial charge in [-0.15, -0.1) is 0 Å². The van der Waals surface area contributed by atoms with Crippen LogP contribution in [0.25, 0.3) is 0 Å². The summed E-state index contributed by atoms with van der Waals surface area (Å²) < 4.78 is 33.0. The van der Waals surface area contributed by atoms with Gasteiger partial charge in [-0.2, -0.15) is 0 Å². The Labute approximate surface area is 164 Å². The highest BCUT2D eigenvalue weighted by molar-refractivity contribution is 7.92. The average molecular weight is 402 g/mol. The van der Waals surface area contributed by atoms with E-state index in [-0.39, 0.29) is 17.4 Å². The molecule has 0 aromatic heterocycles. The van der Waals surface area contributed by atoms with E-state index in [1.807, 2.05) is 0 Å². The maximum absolute atomic E-state index is 12.8. The van der Waals surface area contributed by atoms with Crippen molar-refractivity contribution in [1.29, 1.82) is 0 Å². The van der Waals surface area contributed by atoms with Crippen molar-refractivity contribution in [3.05, 3.63) is 53.6 Å². The molecule has 28 heavy (non-hydrogen) atoms. The zero-order valence-corrected chi connectivity index (χ0v) is 17.0. The Morgan fingerprint density at radius 2 is 1.79 bits per heavy atom. The summed E-state index contributed by atoms with van der Waals surface area (Å²) in [6, 6.07) is 10.6. The average Bonchev–Trinajstić information content (AvgIpc) is 2.82. The number of hydrogen-bond acceptors (Lipinski definition) is 5. The van der Waals surface area contributed by atoms with Crippen molar-refractivity contribution < 1.29 is 22.7 Å². The van der Waals surface area contributed by atoms with Gasteiger partial charge in [-0.05, 0) is 68.8 Å². The summed E-state index contributed by atoms with van der Waals surface area (Å²) in [4.78, 5) is 25.7. The van der Waals surface area contributed by atoms with E-state index >= 15 is 0 Å². The summed E-state index contributed by atoms with van der Waals surface area (Å²) in [5, 5.41) is 0. The highest BCUT2D eigenvalue weighted by Crippen LogP contribution is 2.41. The summed E-state index contributed by atoms with van der Waals surface area (Å²) in [5.74, 6) is -0.550. The molecule has 0 bridgehead atoms. The van der Waals surface area contributed by atoms with Crippen molar-refractivity contribution in [1.82, 2.24) is 0 Å². The molecule has 0 fully saturated rings. The van der Waals surface area contributed by atoms with Gasteiger partial charge in [0.15, 0.2) is 0 Å². The predicted octanol–water partition coefficient (Wildman–Crippen LogP) is 2.92. The third kappa shape index (κ3) is 3.35. The van der Waals surface area contributed by atoms with E-state index in [1.54, 1.807) is 33.9 Å². The minimum atomic E-state index is -3.86. The van der Waals surface area contributed by atoms with Crippen LogP contribution in [0.2, 0.25) is 0 Å². The smallest absolute Gasteiger partial charge is 0.338 e. The van der Waals surface area contributed by atoms with E-state index in [0.29, 0.717) is 22.5 Å². The topological polar surface area (TPSA) is 92.8 Å². The molecule has 0 spiro atoms. The summed E-state index contributed by atoms with van der Waals surface area (Å²) in [5.41, 5.74) is 1.23. The molecule has 148 valence electrons.